The van der Waals surface area contributed by atoms with Crippen LogP contribution in [-0.2, 0) is 9.53 Å². The average Bonchev–Trinajstić information content (AvgIpc) is 2.83. The predicted molar refractivity (Wildman–Crippen MR) is 94.6 cm³/mol. The molecule has 6 heteroatoms. The molecule has 1 aromatic carbocycles. The number of para-hydroxylation sites is 1. The Balaban J connectivity index is 1.57. The third-order valence-corrected chi connectivity index (χ3v) is 5.07. The zero-order chi connectivity index (χ0) is 17.7. The molecule has 2 heterocycles. The van der Waals surface area contributed by atoms with Gasteiger partial charge in [-0.05, 0) is 25.0 Å². The van der Waals surface area contributed by atoms with Gasteiger partial charge in [-0.15, -0.1) is 0 Å². The number of rotatable bonds is 4. The lowest BCUT2D eigenvalue weighted by Crippen LogP contribution is -2.53. The Labute approximate surface area is 149 Å². The molecule has 3 rings (SSSR count). The van der Waals surface area contributed by atoms with Gasteiger partial charge < -0.3 is 19.5 Å². The van der Waals surface area contributed by atoms with Gasteiger partial charge in [-0.1, -0.05) is 18.2 Å². The second-order valence-electron chi connectivity index (χ2n) is 7.09. The molecule has 0 aromatic heterocycles. The third kappa shape index (κ3) is 4.93. The van der Waals surface area contributed by atoms with Gasteiger partial charge >= 0.3 is 0 Å². The Morgan fingerprint density at radius 2 is 2.00 bits per heavy atom. The normalized spacial score (nSPS) is 26.2. The predicted octanol–water partition coefficient (Wildman–Crippen LogP) is 1.14. The quantitative estimate of drug-likeness (QED) is 0.884. The van der Waals surface area contributed by atoms with E-state index in [9.17, 15) is 9.90 Å². The summed E-state index contributed by atoms with van der Waals surface area (Å²) in [5.41, 5.74) is -1.02. The van der Waals surface area contributed by atoms with Crippen LogP contribution in [0.5, 0.6) is 5.75 Å². The fourth-order valence-electron chi connectivity index (χ4n) is 3.63. The van der Waals surface area contributed by atoms with E-state index in [2.05, 4.69) is 4.90 Å². The number of carbonyl (C=O) groups excluding carboxylic acids is 1. The first kappa shape index (κ1) is 18.2. The minimum absolute atomic E-state index is 0.144. The Hall–Kier alpha value is -1.63. The highest BCUT2D eigenvalue weighted by atomic mass is 16.5. The number of aliphatic hydroxyl groups is 1. The van der Waals surface area contributed by atoms with Crippen molar-refractivity contribution in [2.24, 2.45) is 0 Å². The minimum atomic E-state index is -1.02. The van der Waals surface area contributed by atoms with E-state index < -0.39 is 5.60 Å². The van der Waals surface area contributed by atoms with Crippen molar-refractivity contribution in [1.29, 1.82) is 0 Å². The van der Waals surface area contributed by atoms with E-state index in [1.54, 1.807) is 6.92 Å². The Morgan fingerprint density at radius 3 is 2.68 bits per heavy atom. The molecule has 2 saturated heterocycles. The highest BCUT2D eigenvalue weighted by molar-refractivity contribution is 5.73. The monoisotopic (exact) mass is 348 g/mol. The zero-order valence-electron chi connectivity index (χ0n) is 14.9. The molecule has 0 spiro atoms. The van der Waals surface area contributed by atoms with E-state index in [1.807, 2.05) is 35.2 Å². The number of hydrogen-bond acceptors (Lipinski definition) is 5. The maximum Gasteiger partial charge on any atom is 0.219 e. The van der Waals surface area contributed by atoms with Crippen molar-refractivity contribution in [3.8, 4) is 5.75 Å². The lowest BCUT2D eigenvalue weighted by Gasteiger charge is -2.40. The van der Waals surface area contributed by atoms with Crippen LogP contribution in [-0.4, -0.2) is 78.5 Å². The number of benzene rings is 1. The van der Waals surface area contributed by atoms with Crippen molar-refractivity contribution in [1.82, 2.24) is 9.80 Å². The molecule has 6 nitrogen and oxygen atoms in total. The summed E-state index contributed by atoms with van der Waals surface area (Å²) in [5, 5.41) is 11.0. The molecule has 0 aliphatic carbocycles. The van der Waals surface area contributed by atoms with Crippen LogP contribution in [0.1, 0.15) is 19.8 Å². The number of nitrogens with zero attached hydrogens (tertiary/aromatic N) is 2. The van der Waals surface area contributed by atoms with E-state index >= 15 is 0 Å². The molecule has 2 aliphatic rings. The molecule has 2 fully saturated rings. The van der Waals surface area contributed by atoms with Crippen LogP contribution in [0, 0.1) is 0 Å². The summed E-state index contributed by atoms with van der Waals surface area (Å²) in [6.45, 7) is 5.64. The SMILES string of the molecule is CC(=O)N1CCC(N2CCOC[C@](O)(COc3ccccc3)C2)CC1. The summed E-state index contributed by atoms with van der Waals surface area (Å²) in [6, 6.07) is 9.91. The Bertz CT molecular complexity index is 560. The first-order chi connectivity index (χ1) is 12.1. The molecular formula is C19H28N2O4. The Kier molecular flexibility index (Phi) is 5.93. The second kappa shape index (κ2) is 8.17. The molecule has 0 unspecified atom stereocenters. The van der Waals surface area contributed by atoms with Crippen molar-refractivity contribution < 1.29 is 19.4 Å². The lowest BCUT2D eigenvalue weighted by molar-refractivity contribution is -0.130. The van der Waals surface area contributed by atoms with E-state index in [4.69, 9.17) is 9.47 Å². The van der Waals surface area contributed by atoms with E-state index in [-0.39, 0.29) is 19.1 Å². The maximum atomic E-state index is 11.5. The van der Waals surface area contributed by atoms with Gasteiger partial charge in [0.1, 0.15) is 18.0 Å². The maximum absolute atomic E-state index is 11.5. The average molecular weight is 348 g/mol. The van der Waals surface area contributed by atoms with Crippen LogP contribution in [0.4, 0.5) is 0 Å². The lowest BCUT2D eigenvalue weighted by atomic mass is 9.99. The van der Waals surface area contributed by atoms with Gasteiger partial charge in [-0.3, -0.25) is 9.69 Å². The molecule has 0 bridgehead atoms. The zero-order valence-corrected chi connectivity index (χ0v) is 14.9. The molecular weight excluding hydrogens is 320 g/mol. The summed E-state index contributed by atoms with van der Waals surface area (Å²) in [4.78, 5) is 15.7. The van der Waals surface area contributed by atoms with Gasteiger partial charge in [0.15, 0.2) is 0 Å². The number of hydrogen-bond donors (Lipinski definition) is 1. The molecule has 25 heavy (non-hydrogen) atoms. The van der Waals surface area contributed by atoms with Gasteiger partial charge in [0.05, 0.1) is 13.2 Å². The molecule has 1 N–H and O–H groups in total. The smallest absolute Gasteiger partial charge is 0.219 e. The standard InChI is InChI=1S/C19H28N2O4/c1-16(22)20-9-7-17(8-10-20)21-11-12-24-14-19(23,13-21)15-25-18-5-3-2-4-6-18/h2-6,17,23H,7-15H2,1H3/t19-/m0/s1. The summed E-state index contributed by atoms with van der Waals surface area (Å²) in [5.74, 6) is 0.895. The molecule has 1 atom stereocenters. The molecule has 1 amide bonds. The number of carbonyl (C=O) groups is 1. The third-order valence-electron chi connectivity index (χ3n) is 5.07. The van der Waals surface area contributed by atoms with Crippen LogP contribution < -0.4 is 4.74 Å². The number of likely N-dealkylation sites (tertiary alicyclic amines) is 1. The van der Waals surface area contributed by atoms with Crippen LogP contribution in [0.15, 0.2) is 30.3 Å². The van der Waals surface area contributed by atoms with E-state index in [0.29, 0.717) is 19.2 Å². The summed E-state index contributed by atoms with van der Waals surface area (Å²) >= 11 is 0. The number of β-amino-alcohol motifs (C(OH)–C–C–N with tert-alkyl or cyclic N) is 1. The largest absolute Gasteiger partial charge is 0.490 e. The van der Waals surface area contributed by atoms with Crippen molar-refractivity contribution in [3.63, 3.8) is 0 Å². The summed E-state index contributed by atoms with van der Waals surface area (Å²) in [7, 11) is 0. The van der Waals surface area contributed by atoms with Gasteiger partial charge in [0, 0.05) is 39.1 Å². The first-order valence-electron chi connectivity index (χ1n) is 9.03. The highest BCUT2D eigenvalue weighted by Crippen LogP contribution is 2.22. The molecule has 0 saturated carbocycles. The van der Waals surface area contributed by atoms with Gasteiger partial charge in [0.25, 0.3) is 0 Å². The molecule has 2 aliphatic heterocycles. The number of amides is 1. The second-order valence-corrected chi connectivity index (χ2v) is 7.09. The van der Waals surface area contributed by atoms with Crippen LogP contribution in [0.2, 0.25) is 0 Å². The topological polar surface area (TPSA) is 62.2 Å². The van der Waals surface area contributed by atoms with E-state index in [0.717, 1.165) is 38.2 Å². The molecule has 0 radical (unpaired) electrons. The minimum Gasteiger partial charge on any atom is -0.490 e. The van der Waals surface area contributed by atoms with Crippen molar-refractivity contribution in [2.75, 3.05) is 46.0 Å². The summed E-state index contributed by atoms with van der Waals surface area (Å²) in [6.07, 6.45) is 1.88. The van der Waals surface area contributed by atoms with Crippen LogP contribution in [0.3, 0.4) is 0 Å². The highest BCUT2D eigenvalue weighted by Gasteiger charge is 2.37. The van der Waals surface area contributed by atoms with Crippen molar-refractivity contribution in [2.45, 2.75) is 31.4 Å². The molecule has 1 aromatic rings. The van der Waals surface area contributed by atoms with Gasteiger partial charge in [-0.2, -0.15) is 0 Å². The molecule has 138 valence electrons. The van der Waals surface area contributed by atoms with Crippen LogP contribution >= 0.6 is 0 Å². The van der Waals surface area contributed by atoms with Crippen LogP contribution in [0.25, 0.3) is 0 Å². The fourth-order valence-corrected chi connectivity index (χ4v) is 3.63. The summed E-state index contributed by atoms with van der Waals surface area (Å²) < 4.78 is 11.4. The van der Waals surface area contributed by atoms with Gasteiger partial charge in [-0.25, -0.2) is 0 Å². The fraction of sp³-hybridized carbons (Fsp3) is 0.632. The van der Waals surface area contributed by atoms with Crippen molar-refractivity contribution >= 4 is 5.91 Å². The van der Waals surface area contributed by atoms with Crippen molar-refractivity contribution in [3.05, 3.63) is 30.3 Å². The Morgan fingerprint density at radius 1 is 1.28 bits per heavy atom. The van der Waals surface area contributed by atoms with Gasteiger partial charge in [0.2, 0.25) is 5.91 Å². The first-order valence-corrected chi connectivity index (χ1v) is 9.03. The number of piperidine rings is 1. The van der Waals surface area contributed by atoms with E-state index in [1.165, 1.54) is 0 Å². The number of ether oxygens (including phenoxy) is 2.